The predicted octanol–water partition coefficient (Wildman–Crippen LogP) is 1.13. The van der Waals surface area contributed by atoms with Crippen LogP contribution in [-0.4, -0.2) is 51.5 Å². The summed E-state index contributed by atoms with van der Waals surface area (Å²) in [5, 5.41) is 22.3. The minimum Gasteiger partial charge on any atom is -0.465 e. The molecule has 0 saturated carbocycles. The molecule has 14 heteroatoms. The van der Waals surface area contributed by atoms with Crippen molar-refractivity contribution >= 4 is 27.9 Å². The van der Waals surface area contributed by atoms with Gasteiger partial charge in [0.1, 0.15) is 4.83 Å². The Labute approximate surface area is 161 Å². The summed E-state index contributed by atoms with van der Waals surface area (Å²) in [6.45, 7) is 7.02. The topological polar surface area (TPSA) is 168 Å². The third kappa shape index (κ3) is 28.7. The Morgan fingerprint density at radius 3 is 1.62 bits per heavy atom. The Bertz CT molecular complexity index is 379. The molecule has 0 aromatic rings. The number of alkyl halides is 1. The molecule has 0 saturated heterocycles. The molecule has 0 aliphatic rings. The fraction of sp³-hybridized carbons (Fsp3) is 0.800. The smallest absolute Gasteiger partial charge is 0.334 e. The summed E-state index contributed by atoms with van der Waals surface area (Å²) < 4.78 is 9.05. The van der Waals surface area contributed by atoms with Crippen LogP contribution >= 0.6 is 15.9 Å². The summed E-state index contributed by atoms with van der Waals surface area (Å²) in [5.41, 5.74) is 0. The van der Waals surface area contributed by atoms with Gasteiger partial charge in [-0.2, -0.15) is 0 Å². The number of hydrogen-bond acceptors (Lipinski definition) is 9. The monoisotopic (exact) mass is 513 g/mol. The quantitative estimate of drug-likeness (QED) is 0.178. The van der Waals surface area contributed by atoms with Crippen molar-refractivity contribution in [1.29, 1.82) is 0 Å². The van der Waals surface area contributed by atoms with Crippen molar-refractivity contribution in [2.24, 2.45) is 0 Å². The van der Waals surface area contributed by atoms with Crippen molar-refractivity contribution in [1.82, 2.24) is 0 Å². The molecule has 0 aromatic heterocycles. The Hall–Kier alpha value is -1.44. The van der Waals surface area contributed by atoms with Crippen molar-refractivity contribution in [3.05, 3.63) is 20.2 Å². The van der Waals surface area contributed by atoms with Crippen molar-refractivity contribution in [2.75, 3.05) is 13.2 Å². The molecule has 0 aromatic carbocycles. The summed E-state index contributed by atoms with van der Waals surface area (Å²) in [7, 11) is 0. The average molecular weight is 515 g/mol. The zero-order chi connectivity index (χ0) is 19.0. The van der Waals surface area contributed by atoms with Crippen LogP contribution in [0.25, 0.3) is 0 Å². The van der Waals surface area contributed by atoms with E-state index < -0.39 is 22.2 Å². The Balaban J connectivity index is -0.000000136. The van der Waals surface area contributed by atoms with Gasteiger partial charge in [-0.15, -0.1) is 20.2 Å². The summed E-state index contributed by atoms with van der Waals surface area (Å²) in [6, 6.07) is 0. The second-order valence-electron chi connectivity index (χ2n) is 3.33. The van der Waals surface area contributed by atoms with Gasteiger partial charge in [-0.1, -0.05) is 15.9 Å². The zero-order valence-electron chi connectivity index (χ0n) is 13.3. The first-order chi connectivity index (χ1) is 10.5. The molecule has 2 unspecified atom stereocenters. The molecule has 0 spiro atoms. The van der Waals surface area contributed by atoms with Gasteiger partial charge in [-0.05, 0) is 27.7 Å². The van der Waals surface area contributed by atoms with Crippen LogP contribution in [0.4, 0.5) is 0 Å². The van der Waals surface area contributed by atoms with Crippen LogP contribution in [-0.2, 0) is 46.3 Å². The Morgan fingerprint density at radius 2 is 1.42 bits per heavy atom. The summed E-state index contributed by atoms with van der Waals surface area (Å²) in [4.78, 5) is 42.9. The van der Waals surface area contributed by atoms with Gasteiger partial charge >= 0.3 is 11.9 Å². The average Bonchev–Trinajstić information content (AvgIpc) is 2.38. The van der Waals surface area contributed by atoms with Crippen molar-refractivity contribution < 1.29 is 61.7 Å². The summed E-state index contributed by atoms with van der Waals surface area (Å²) in [5.74, 6) is -0.934. The number of nitrogens with zero attached hydrogens (tertiary/aromatic N) is 2. The van der Waals surface area contributed by atoms with Crippen molar-refractivity contribution in [2.45, 2.75) is 38.6 Å². The number of hydrogen-bond donors (Lipinski definition) is 1. The maximum atomic E-state index is 10.6. The molecular weight excluding hydrogens is 496 g/mol. The molecule has 24 heavy (non-hydrogen) atoms. The van der Waals surface area contributed by atoms with E-state index >= 15 is 0 Å². The van der Waals surface area contributed by atoms with Crippen LogP contribution in [0.1, 0.15) is 27.7 Å². The van der Waals surface area contributed by atoms with Gasteiger partial charge in [-0.3, -0.25) is 9.63 Å². The van der Waals surface area contributed by atoms with Crippen LogP contribution in [0, 0.1) is 20.2 Å². The molecule has 0 amide bonds. The fourth-order valence-electron chi connectivity index (χ4n) is 0.689. The van der Waals surface area contributed by atoms with E-state index in [2.05, 4.69) is 30.2 Å². The van der Waals surface area contributed by atoms with E-state index in [1.54, 1.807) is 20.8 Å². The molecule has 0 rings (SSSR count). The molecule has 0 heterocycles. The van der Waals surface area contributed by atoms with E-state index in [9.17, 15) is 19.7 Å². The zero-order valence-corrected chi connectivity index (χ0v) is 16.3. The van der Waals surface area contributed by atoms with Crippen LogP contribution in [0.5, 0.6) is 0 Å². The number of carbonyl (C=O) groups is 2. The minimum absolute atomic E-state index is 0. The first-order valence-electron chi connectivity index (χ1n) is 6.11. The molecule has 0 aliphatic heterocycles. The normalized spacial score (nSPS) is 10.7. The van der Waals surface area contributed by atoms with Gasteiger partial charge in [0.25, 0.3) is 10.2 Å². The Kier molecular flexibility index (Phi) is 24.9. The number of ether oxygens (including phenoxy) is 2. The molecule has 0 bridgehead atoms. The van der Waals surface area contributed by atoms with Crippen molar-refractivity contribution in [3.63, 3.8) is 0 Å². The van der Waals surface area contributed by atoms with E-state index in [0.29, 0.717) is 6.61 Å². The number of halogens is 1. The number of carbonyl (C=O) groups excluding carboxylic acids is 2. The van der Waals surface area contributed by atoms with Crippen LogP contribution in [0.15, 0.2) is 0 Å². The SMILES string of the molecule is CCOC(=O)C(C)Br.CCOC(=O)C(C)O[N+](=O)[O-].O=[N+]([O-])O.[Ag]. The van der Waals surface area contributed by atoms with Crippen LogP contribution < -0.4 is 0 Å². The van der Waals surface area contributed by atoms with Gasteiger partial charge in [0, 0.05) is 22.4 Å². The third-order valence-electron chi connectivity index (χ3n) is 1.47. The molecule has 147 valence electrons. The third-order valence-corrected chi connectivity index (χ3v) is 1.85. The summed E-state index contributed by atoms with van der Waals surface area (Å²) >= 11 is 3.07. The predicted molar refractivity (Wildman–Crippen MR) is 78.0 cm³/mol. The van der Waals surface area contributed by atoms with E-state index in [-0.39, 0.29) is 39.8 Å². The number of esters is 2. The fourth-order valence-corrected chi connectivity index (χ4v) is 0.821. The first kappa shape index (κ1) is 30.4. The minimum atomic E-state index is -1.50. The number of rotatable bonds is 6. The van der Waals surface area contributed by atoms with Crippen molar-refractivity contribution in [3.8, 4) is 0 Å². The molecule has 1 radical (unpaired) electrons. The van der Waals surface area contributed by atoms with E-state index in [1.165, 1.54) is 6.92 Å². The largest absolute Gasteiger partial charge is 0.465 e. The van der Waals surface area contributed by atoms with Gasteiger partial charge in [0.05, 0.1) is 13.2 Å². The van der Waals surface area contributed by atoms with Crippen LogP contribution in [0.2, 0.25) is 0 Å². The van der Waals surface area contributed by atoms with E-state index in [0.717, 1.165) is 0 Å². The first-order valence-corrected chi connectivity index (χ1v) is 7.02. The van der Waals surface area contributed by atoms with Gasteiger partial charge in [0.15, 0.2) is 0 Å². The standard InChI is InChI=1S/C5H9BrO2.C5H9NO5.Ag.HNO3/c1-3-8-5(7)4(2)6;1-3-10-5(7)4(2)11-6(8)9;;2-1(3)4/h4H,3H2,1-2H3;4H,3H2,1-2H3;;(H,2,3,4). The van der Waals surface area contributed by atoms with Gasteiger partial charge < -0.3 is 14.7 Å². The molecule has 0 aliphatic carbocycles. The maximum absolute atomic E-state index is 10.6. The van der Waals surface area contributed by atoms with Gasteiger partial charge in [-0.25, -0.2) is 4.79 Å². The molecule has 0 fully saturated rings. The Morgan fingerprint density at radius 1 is 1.08 bits per heavy atom. The maximum Gasteiger partial charge on any atom is 0.334 e. The second-order valence-corrected chi connectivity index (χ2v) is 4.70. The van der Waals surface area contributed by atoms with Gasteiger partial charge in [0.2, 0.25) is 6.10 Å². The second kappa shape index (κ2) is 19.6. The van der Waals surface area contributed by atoms with E-state index in [4.69, 9.17) is 15.3 Å². The summed E-state index contributed by atoms with van der Waals surface area (Å²) in [6.07, 6.45) is -1.15. The van der Waals surface area contributed by atoms with E-state index in [1.807, 2.05) is 0 Å². The molecule has 2 atom stereocenters. The molecule has 1 N–H and O–H groups in total. The molecular formula is C10H19AgBrN2O10. The van der Waals surface area contributed by atoms with Crippen LogP contribution in [0.3, 0.4) is 0 Å². The molecule has 12 nitrogen and oxygen atoms in total.